The van der Waals surface area contributed by atoms with Gasteiger partial charge < -0.3 is 19.3 Å². The normalized spacial score (nSPS) is 18.4. The Morgan fingerprint density at radius 3 is 2.70 bits per heavy atom. The minimum atomic E-state index is 0.0386. The van der Waals surface area contributed by atoms with E-state index >= 15 is 0 Å². The van der Waals surface area contributed by atoms with Gasteiger partial charge in [-0.25, -0.2) is 0 Å². The van der Waals surface area contributed by atoms with E-state index in [0.29, 0.717) is 6.61 Å². The summed E-state index contributed by atoms with van der Waals surface area (Å²) in [5, 5.41) is 0. The van der Waals surface area contributed by atoms with Crippen molar-refractivity contribution < 1.29 is 14.3 Å². The molecule has 0 bridgehead atoms. The number of aryl methyl sites for hydroxylation is 1. The lowest BCUT2D eigenvalue weighted by molar-refractivity contribution is -0.126. The van der Waals surface area contributed by atoms with E-state index in [2.05, 4.69) is 43.0 Å². The van der Waals surface area contributed by atoms with E-state index < -0.39 is 0 Å². The highest BCUT2D eigenvalue weighted by Crippen LogP contribution is 2.35. The first-order valence-electron chi connectivity index (χ1n) is 10.8. The zero-order chi connectivity index (χ0) is 21.1. The lowest BCUT2D eigenvalue weighted by Crippen LogP contribution is -2.48. The second-order valence-corrected chi connectivity index (χ2v) is 8.00. The number of piperazine rings is 1. The van der Waals surface area contributed by atoms with Crippen molar-refractivity contribution in [3.05, 3.63) is 59.2 Å². The molecule has 0 aliphatic carbocycles. The van der Waals surface area contributed by atoms with Gasteiger partial charge in [0.05, 0.1) is 6.61 Å². The van der Waals surface area contributed by atoms with Crippen LogP contribution in [0.3, 0.4) is 0 Å². The maximum atomic E-state index is 12.8. The number of hydrogen-bond acceptors (Lipinski definition) is 4. The maximum Gasteiger partial charge on any atom is 0.246 e. The Morgan fingerprint density at radius 1 is 1.20 bits per heavy atom. The Kier molecular flexibility index (Phi) is 5.98. The Hall–Kier alpha value is -2.95. The number of ether oxygens (including phenoxy) is 2. The van der Waals surface area contributed by atoms with Gasteiger partial charge in [-0.05, 0) is 50.6 Å². The summed E-state index contributed by atoms with van der Waals surface area (Å²) in [6.45, 7) is 9.89. The Labute approximate surface area is 178 Å². The molecule has 2 aromatic rings. The molecule has 1 fully saturated rings. The summed E-state index contributed by atoms with van der Waals surface area (Å²) in [6.07, 6.45) is 4.59. The number of para-hydroxylation sites is 1. The number of carbonyl (C=O) groups excluding carboxylic acids is 1. The molecule has 2 heterocycles. The van der Waals surface area contributed by atoms with Crippen LogP contribution in [-0.2, 0) is 11.2 Å². The second-order valence-electron chi connectivity index (χ2n) is 8.00. The topological polar surface area (TPSA) is 42.0 Å². The van der Waals surface area contributed by atoms with Gasteiger partial charge >= 0.3 is 0 Å². The molecular formula is C25H30N2O3. The van der Waals surface area contributed by atoms with Crippen LogP contribution < -0.4 is 14.4 Å². The van der Waals surface area contributed by atoms with Crippen LogP contribution in [-0.4, -0.2) is 49.7 Å². The molecule has 1 atom stereocenters. The molecule has 2 aliphatic heterocycles. The third kappa shape index (κ3) is 4.30. The van der Waals surface area contributed by atoms with E-state index in [1.54, 1.807) is 6.08 Å². The van der Waals surface area contributed by atoms with Crippen LogP contribution in [0.5, 0.6) is 11.5 Å². The van der Waals surface area contributed by atoms with Gasteiger partial charge in [0.15, 0.2) is 0 Å². The number of rotatable bonds is 5. The van der Waals surface area contributed by atoms with Crippen LogP contribution in [0.1, 0.15) is 30.5 Å². The van der Waals surface area contributed by atoms with Crippen molar-refractivity contribution in [3.63, 3.8) is 0 Å². The number of carbonyl (C=O) groups is 1. The summed E-state index contributed by atoms with van der Waals surface area (Å²) in [6, 6.07) is 12.5. The van der Waals surface area contributed by atoms with Gasteiger partial charge in [-0.2, -0.15) is 0 Å². The number of anilines is 1. The number of hydrogen-bond donors (Lipinski definition) is 0. The summed E-state index contributed by atoms with van der Waals surface area (Å²) in [5.74, 6) is 1.74. The van der Waals surface area contributed by atoms with Gasteiger partial charge in [0.2, 0.25) is 5.91 Å². The molecule has 0 N–H and O–H groups in total. The van der Waals surface area contributed by atoms with Crippen LogP contribution in [0.25, 0.3) is 6.08 Å². The molecule has 0 saturated carbocycles. The van der Waals surface area contributed by atoms with Crippen molar-refractivity contribution in [2.45, 2.75) is 33.3 Å². The third-order valence-corrected chi connectivity index (χ3v) is 5.78. The predicted molar refractivity (Wildman–Crippen MR) is 120 cm³/mol. The molecule has 0 radical (unpaired) electrons. The molecule has 30 heavy (non-hydrogen) atoms. The molecule has 2 aromatic carbocycles. The Morgan fingerprint density at radius 2 is 1.97 bits per heavy atom. The fraction of sp³-hybridized carbons (Fsp3) is 0.400. The molecule has 0 spiro atoms. The fourth-order valence-electron chi connectivity index (χ4n) is 4.22. The van der Waals surface area contributed by atoms with E-state index in [4.69, 9.17) is 9.47 Å². The largest absolute Gasteiger partial charge is 0.493 e. The molecule has 1 amide bonds. The average Bonchev–Trinajstić information content (AvgIpc) is 3.11. The predicted octanol–water partition coefficient (Wildman–Crippen LogP) is 4.08. The fourth-order valence-corrected chi connectivity index (χ4v) is 4.22. The summed E-state index contributed by atoms with van der Waals surface area (Å²) in [4.78, 5) is 17.1. The van der Waals surface area contributed by atoms with E-state index in [0.717, 1.165) is 49.7 Å². The zero-order valence-corrected chi connectivity index (χ0v) is 18.1. The quantitative estimate of drug-likeness (QED) is 0.702. The summed E-state index contributed by atoms with van der Waals surface area (Å²) in [5.41, 5.74) is 4.58. The Bertz CT molecular complexity index is 945. The molecular weight excluding hydrogens is 376 g/mol. The standard InChI is InChI=1S/C25H30N2O3/c1-4-29-23-17-21-15-19(3)30-24(21)16-20(23)9-10-25(28)27-13-11-26(12-14-27)22-8-6-5-7-18(22)2/h5-10,16-17,19H,4,11-15H2,1-3H3/b10-9+/t19-/m1/s1. The molecule has 158 valence electrons. The van der Waals surface area contributed by atoms with Crippen LogP contribution in [0.4, 0.5) is 5.69 Å². The number of amides is 1. The van der Waals surface area contributed by atoms with E-state index in [1.165, 1.54) is 16.8 Å². The van der Waals surface area contributed by atoms with Gasteiger partial charge in [0, 0.05) is 55.5 Å². The van der Waals surface area contributed by atoms with Gasteiger partial charge in [-0.15, -0.1) is 0 Å². The van der Waals surface area contributed by atoms with Crippen LogP contribution >= 0.6 is 0 Å². The van der Waals surface area contributed by atoms with Crippen LogP contribution in [0, 0.1) is 6.92 Å². The third-order valence-electron chi connectivity index (χ3n) is 5.78. The molecule has 1 saturated heterocycles. The summed E-state index contributed by atoms with van der Waals surface area (Å²) < 4.78 is 11.7. The highest BCUT2D eigenvalue weighted by molar-refractivity contribution is 5.92. The summed E-state index contributed by atoms with van der Waals surface area (Å²) in [7, 11) is 0. The number of nitrogens with zero attached hydrogens (tertiary/aromatic N) is 2. The number of fused-ring (bicyclic) bond motifs is 1. The summed E-state index contributed by atoms with van der Waals surface area (Å²) >= 11 is 0. The van der Waals surface area contributed by atoms with Crippen molar-refractivity contribution in [2.24, 2.45) is 0 Å². The SMILES string of the molecule is CCOc1cc2c(cc1/C=C/C(=O)N1CCN(c3ccccc3C)CC1)O[C@H](C)C2. The molecule has 0 aromatic heterocycles. The van der Waals surface area contributed by atoms with Crippen molar-refractivity contribution in [3.8, 4) is 11.5 Å². The highest BCUT2D eigenvalue weighted by Gasteiger charge is 2.23. The van der Waals surface area contributed by atoms with Crippen molar-refractivity contribution in [1.29, 1.82) is 0 Å². The van der Waals surface area contributed by atoms with E-state index in [-0.39, 0.29) is 12.0 Å². The minimum Gasteiger partial charge on any atom is -0.493 e. The highest BCUT2D eigenvalue weighted by atomic mass is 16.5. The minimum absolute atomic E-state index is 0.0386. The van der Waals surface area contributed by atoms with Gasteiger partial charge in [0.1, 0.15) is 17.6 Å². The van der Waals surface area contributed by atoms with Crippen LogP contribution in [0.2, 0.25) is 0 Å². The van der Waals surface area contributed by atoms with Crippen molar-refractivity contribution in [2.75, 3.05) is 37.7 Å². The maximum absolute atomic E-state index is 12.8. The first-order valence-corrected chi connectivity index (χ1v) is 10.8. The van der Waals surface area contributed by atoms with Crippen LogP contribution in [0.15, 0.2) is 42.5 Å². The zero-order valence-electron chi connectivity index (χ0n) is 18.1. The lowest BCUT2D eigenvalue weighted by Gasteiger charge is -2.36. The van der Waals surface area contributed by atoms with Gasteiger partial charge in [-0.1, -0.05) is 18.2 Å². The molecule has 5 nitrogen and oxygen atoms in total. The molecule has 5 heteroatoms. The van der Waals surface area contributed by atoms with Gasteiger partial charge in [0.25, 0.3) is 0 Å². The van der Waals surface area contributed by atoms with Crippen molar-refractivity contribution >= 4 is 17.7 Å². The smallest absolute Gasteiger partial charge is 0.246 e. The second kappa shape index (κ2) is 8.82. The van der Waals surface area contributed by atoms with Gasteiger partial charge in [-0.3, -0.25) is 4.79 Å². The first kappa shape index (κ1) is 20.3. The monoisotopic (exact) mass is 406 g/mol. The first-order chi connectivity index (χ1) is 14.5. The number of benzene rings is 2. The molecule has 4 rings (SSSR count). The average molecular weight is 407 g/mol. The van der Waals surface area contributed by atoms with Crippen molar-refractivity contribution in [1.82, 2.24) is 4.90 Å². The van der Waals surface area contributed by atoms with E-state index in [1.807, 2.05) is 30.0 Å². The lowest BCUT2D eigenvalue weighted by atomic mass is 10.1. The Balaban J connectivity index is 1.42. The molecule has 2 aliphatic rings. The molecule has 0 unspecified atom stereocenters. The van der Waals surface area contributed by atoms with E-state index in [9.17, 15) is 4.79 Å².